The number of ether oxygens (including phenoxy) is 2. The highest BCUT2D eigenvalue weighted by Crippen LogP contribution is 2.49. The van der Waals surface area contributed by atoms with Crippen molar-refractivity contribution in [2.45, 2.75) is 44.4 Å². The molecular weight excluding hydrogens is 256 g/mol. The first-order valence-corrected chi connectivity index (χ1v) is 6.96. The molecule has 0 spiro atoms. The number of benzene rings is 1. The van der Waals surface area contributed by atoms with Gasteiger partial charge in [-0.3, -0.25) is 4.79 Å². The lowest BCUT2D eigenvalue weighted by Crippen LogP contribution is -2.42. The molecule has 20 heavy (non-hydrogen) atoms. The predicted molar refractivity (Wildman–Crippen MR) is 76.8 cm³/mol. The van der Waals surface area contributed by atoms with Gasteiger partial charge in [-0.05, 0) is 30.9 Å². The Hall–Kier alpha value is -1.71. The number of hydrogen-bond donors (Lipinski definition) is 1. The van der Waals surface area contributed by atoms with Crippen molar-refractivity contribution in [3.63, 3.8) is 0 Å². The molecule has 1 aliphatic rings. The van der Waals surface area contributed by atoms with Crippen LogP contribution in [0.15, 0.2) is 12.1 Å². The van der Waals surface area contributed by atoms with Crippen molar-refractivity contribution in [2.75, 3.05) is 14.2 Å². The van der Waals surface area contributed by atoms with Crippen LogP contribution < -0.4 is 9.47 Å². The average Bonchev–Trinajstić information content (AvgIpc) is 2.36. The lowest BCUT2D eigenvalue weighted by atomic mass is 9.64. The van der Waals surface area contributed by atoms with Crippen LogP contribution >= 0.6 is 0 Å². The molecule has 1 aromatic carbocycles. The second kappa shape index (κ2) is 5.35. The highest BCUT2D eigenvalue weighted by Gasteiger charge is 2.48. The maximum atomic E-state index is 11.7. The van der Waals surface area contributed by atoms with Gasteiger partial charge in [0.15, 0.2) is 0 Å². The SMILES string of the molecule is COc1cc(C2(C(=O)O)CCC2)c(OC)cc1C(C)C. The molecule has 110 valence electrons. The third-order valence-electron chi connectivity index (χ3n) is 4.31. The molecule has 0 unspecified atom stereocenters. The Morgan fingerprint density at radius 3 is 2.15 bits per heavy atom. The Labute approximate surface area is 119 Å². The molecule has 0 aliphatic heterocycles. The molecule has 0 aromatic heterocycles. The van der Waals surface area contributed by atoms with Crippen LogP contribution in [0.2, 0.25) is 0 Å². The average molecular weight is 278 g/mol. The van der Waals surface area contributed by atoms with E-state index in [9.17, 15) is 9.90 Å². The smallest absolute Gasteiger partial charge is 0.314 e. The van der Waals surface area contributed by atoms with E-state index in [0.29, 0.717) is 18.6 Å². The van der Waals surface area contributed by atoms with Crippen LogP contribution in [0, 0.1) is 0 Å². The molecule has 4 heteroatoms. The Balaban J connectivity index is 2.61. The van der Waals surface area contributed by atoms with E-state index in [1.807, 2.05) is 12.1 Å². The van der Waals surface area contributed by atoms with E-state index in [1.54, 1.807) is 14.2 Å². The predicted octanol–water partition coefficient (Wildman–Crippen LogP) is 3.33. The standard InChI is InChI=1S/C16H22O4/c1-10(2)11-8-14(20-4)12(9-13(11)19-3)16(15(17)18)6-5-7-16/h8-10H,5-7H2,1-4H3,(H,17,18). The summed E-state index contributed by atoms with van der Waals surface area (Å²) in [5, 5.41) is 9.60. The van der Waals surface area contributed by atoms with Gasteiger partial charge in [0.25, 0.3) is 0 Å². The third kappa shape index (κ3) is 2.13. The minimum atomic E-state index is -0.811. The van der Waals surface area contributed by atoms with Gasteiger partial charge < -0.3 is 14.6 Å². The summed E-state index contributed by atoms with van der Waals surface area (Å²) >= 11 is 0. The Bertz CT molecular complexity index is 515. The van der Waals surface area contributed by atoms with Crippen molar-refractivity contribution >= 4 is 5.97 Å². The van der Waals surface area contributed by atoms with Crippen molar-refractivity contribution in [3.05, 3.63) is 23.3 Å². The molecule has 0 amide bonds. The highest BCUT2D eigenvalue weighted by molar-refractivity contribution is 5.84. The van der Waals surface area contributed by atoms with E-state index in [4.69, 9.17) is 9.47 Å². The van der Waals surface area contributed by atoms with Gasteiger partial charge in [0.1, 0.15) is 11.5 Å². The minimum absolute atomic E-state index is 0.287. The largest absolute Gasteiger partial charge is 0.496 e. The summed E-state index contributed by atoms with van der Waals surface area (Å²) in [6.45, 7) is 4.15. The van der Waals surface area contributed by atoms with E-state index in [-0.39, 0.29) is 5.92 Å². The fourth-order valence-corrected chi connectivity index (χ4v) is 2.88. The number of aliphatic carboxylic acids is 1. The number of rotatable bonds is 5. The molecule has 0 atom stereocenters. The van der Waals surface area contributed by atoms with E-state index in [2.05, 4.69) is 13.8 Å². The number of carboxylic acids is 1. The number of carbonyl (C=O) groups is 1. The zero-order valence-corrected chi connectivity index (χ0v) is 12.5. The van der Waals surface area contributed by atoms with Crippen molar-refractivity contribution in [1.82, 2.24) is 0 Å². The molecule has 0 heterocycles. The minimum Gasteiger partial charge on any atom is -0.496 e. The van der Waals surface area contributed by atoms with E-state index in [1.165, 1.54) is 0 Å². The zero-order chi connectivity index (χ0) is 14.9. The first kappa shape index (κ1) is 14.7. The zero-order valence-electron chi connectivity index (χ0n) is 12.5. The van der Waals surface area contributed by atoms with Gasteiger partial charge in [-0.2, -0.15) is 0 Å². The summed E-state index contributed by atoms with van der Waals surface area (Å²) in [7, 11) is 3.20. The van der Waals surface area contributed by atoms with Gasteiger partial charge in [0, 0.05) is 11.1 Å². The quantitative estimate of drug-likeness (QED) is 0.897. The maximum Gasteiger partial charge on any atom is 0.314 e. The molecule has 2 rings (SSSR count). The Morgan fingerprint density at radius 1 is 1.20 bits per heavy atom. The van der Waals surface area contributed by atoms with Crippen molar-refractivity contribution in [1.29, 1.82) is 0 Å². The van der Waals surface area contributed by atoms with Crippen LogP contribution in [-0.4, -0.2) is 25.3 Å². The molecule has 4 nitrogen and oxygen atoms in total. The van der Waals surface area contributed by atoms with Gasteiger partial charge in [-0.1, -0.05) is 20.3 Å². The summed E-state index contributed by atoms with van der Waals surface area (Å²) < 4.78 is 10.9. The maximum absolute atomic E-state index is 11.7. The molecular formula is C16H22O4. The lowest BCUT2D eigenvalue weighted by Gasteiger charge is -2.39. The fraction of sp³-hybridized carbons (Fsp3) is 0.562. The summed E-state index contributed by atoms with van der Waals surface area (Å²) in [4.78, 5) is 11.7. The van der Waals surface area contributed by atoms with Crippen LogP contribution in [0.1, 0.15) is 50.2 Å². The number of carboxylic acid groups (broad SMARTS) is 1. The fourth-order valence-electron chi connectivity index (χ4n) is 2.88. The molecule has 1 aliphatic carbocycles. The highest BCUT2D eigenvalue weighted by atomic mass is 16.5. The number of hydrogen-bond acceptors (Lipinski definition) is 3. The van der Waals surface area contributed by atoms with Gasteiger partial charge in [0.2, 0.25) is 0 Å². The van der Waals surface area contributed by atoms with E-state index >= 15 is 0 Å². The third-order valence-corrected chi connectivity index (χ3v) is 4.31. The van der Waals surface area contributed by atoms with Crippen LogP contribution in [0.5, 0.6) is 11.5 Å². The number of methoxy groups -OCH3 is 2. The van der Waals surface area contributed by atoms with Crippen molar-refractivity contribution in [3.8, 4) is 11.5 Å². The molecule has 1 N–H and O–H groups in total. The molecule has 0 bridgehead atoms. The van der Waals surface area contributed by atoms with Gasteiger partial charge in [-0.25, -0.2) is 0 Å². The molecule has 1 aromatic rings. The summed E-state index contributed by atoms with van der Waals surface area (Å²) in [5.41, 5.74) is 0.960. The monoisotopic (exact) mass is 278 g/mol. The van der Waals surface area contributed by atoms with Crippen molar-refractivity contribution in [2.24, 2.45) is 0 Å². The van der Waals surface area contributed by atoms with E-state index in [0.717, 1.165) is 23.3 Å². The van der Waals surface area contributed by atoms with Crippen LogP contribution in [0.4, 0.5) is 0 Å². The first-order chi connectivity index (χ1) is 9.46. The van der Waals surface area contributed by atoms with Crippen LogP contribution in [-0.2, 0) is 10.2 Å². The first-order valence-electron chi connectivity index (χ1n) is 6.96. The second-order valence-corrected chi connectivity index (χ2v) is 5.69. The van der Waals surface area contributed by atoms with Crippen molar-refractivity contribution < 1.29 is 19.4 Å². The van der Waals surface area contributed by atoms with Crippen LogP contribution in [0.3, 0.4) is 0 Å². The van der Waals surface area contributed by atoms with Gasteiger partial charge in [0.05, 0.1) is 19.6 Å². The topological polar surface area (TPSA) is 55.8 Å². The molecule has 0 saturated heterocycles. The molecule has 0 radical (unpaired) electrons. The summed E-state index contributed by atoms with van der Waals surface area (Å²) in [6, 6.07) is 3.77. The summed E-state index contributed by atoms with van der Waals surface area (Å²) in [5.74, 6) is 0.899. The summed E-state index contributed by atoms with van der Waals surface area (Å²) in [6.07, 6.45) is 2.25. The molecule has 1 fully saturated rings. The van der Waals surface area contributed by atoms with Crippen LogP contribution in [0.25, 0.3) is 0 Å². The Kier molecular flexibility index (Phi) is 3.93. The van der Waals surface area contributed by atoms with Gasteiger partial charge >= 0.3 is 5.97 Å². The van der Waals surface area contributed by atoms with Gasteiger partial charge in [-0.15, -0.1) is 0 Å². The normalized spacial score (nSPS) is 16.6. The van der Waals surface area contributed by atoms with E-state index < -0.39 is 11.4 Å². The Morgan fingerprint density at radius 2 is 1.80 bits per heavy atom. The lowest BCUT2D eigenvalue weighted by molar-refractivity contribution is -0.147. The molecule has 1 saturated carbocycles. The second-order valence-electron chi connectivity index (χ2n) is 5.69.